The number of azo groups is 1. The van der Waals surface area contributed by atoms with Crippen molar-refractivity contribution in [1.82, 2.24) is 0 Å². The van der Waals surface area contributed by atoms with Crippen LogP contribution in [0.15, 0.2) is 63.8 Å². The van der Waals surface area contributed by atoms with Gasteiger partial charge in [0.15, 0.2) is 11.9 Å². The lowest BCUT2D eigenvalue weighted by Gasteiger charge is -2.16. The molecule has 0 bridgehead atoms. The quantitative estimate of drug-likeness (QED) is 0.846. The van der Waals surface area contributed by atoms with Crippen molar-refractivity contribution in [2.24, 2.45) is 15.2 Å². The molecule has 2 heterocycles. The second-order valence-corrected chi connectivity index (χ2v) is 6.63. The molecule has 0 spiro atoms. The number of amidine groups is 1. The number of nitrogens with zero attached hydrogens (tertiary/aromatic N) is 3. The number of thioether (sulfide) groups is 1. The van der Waals surface area contributed by atoms with Gasteiger partial charge >= 0.3 is 0 Å². The molecule has 1 N–H and O–H groups in total. The van der Waals surface area contributed by atoms with E-state index in [2.05, 4.69) is 20.5 Å². The third-order valence-electron chi connectivity index (χ3n) is 4.14. The number of anilines is 1. The van der Waals surface area contributed by atoms with Crippen molar-refractivity contribution >= 4 is 28.4 Å². The standard InChI is InChI=1S/C18H16N4O2S/c1-24-12-8-6-11(7-9-12)15(23)10-25-18-20-17-16(21-22-18)13-4-2-3-5-14(13)19-17/h2-9,16-17,19H,10H2,1H3/t16-,17+/m1/s1. The summed E-state index contributed by atoms with van der Waals surface area (Å²) in [5.74, 6) is 1.03. The predicted molar refractivity (Wildman–Crippen MR) is 98.7 cm³/mol. The maximum absolute atomic E-state index is 12.3. The van der Waals surface area contributed by atoms with Crippen molar-refractivity contribution in [3.05, 3.63) is 59.7 Å². The van der Waals surface area contributed by atoms with E-state index < -0.39 is 0 Å². The Morgan fingerprint density at radius 2 is 2.00 bits per heavy atom. The fourth-order valence-corrected chi connectivity index (χ4v) is 3.56. The minimum absolute atomic E-state index is 0.0235. The number of ketones is 1. The molecule has 0 aliphatic carbocycles. The maximum Gasteiger partial charge on any atom is 0.206 e. The molecule has 6 nitrogen and oxygen atoms in total. The molecule has 2 aromatic carbocycles. The van der Waals surface area contributed by atoms with Crippen LogP contribution in [0, 0.1) is 0 Å². The van der Waals surface area contributed by atoms with Crippen LogP contribution >= 0.6 is 11.8 Å². The summed E-state index contributed by atoms with van der Waals surface area (Å²) in [7, 11) is 1.60. The summed E-state index contributed by atoms with van der Waals surface area (Å²) in [5, 5.41) is 12.4. The minimum Gasteiger partial charge on any atom is -0.497 e. The van der Waals surface area contributed by atoms with Gasteiger partial charge in [-0.25, -0.2) is 4.99 Å². The van der Waals surface area contributed by atoms with Crippen molar-refractivity contribution < 1.29 is 9.53 Å². The van der Waals surface area contributed by atoms with E-state index in [1.807, 2.05) is 24.3 Å². The highest BCUT2D eigenvalue weighted by Gasteiger charge is 2.34. The van der Waals surface area contributed by atoms with Gasteiger partial charge in [-0.2, -0.15) is 5.11 Å². The van der Waals surface area contributed by atoms with Crippen LogP contribution in [0.3, 0.4) is 0 Å². The first kappa shape index (κ1) is 15.8. The second-order valence-electron chi connectivity index (χ2n) is 5.69. The third-order valence-corrected chi connectivity index (χ3v) is 5.00. The van der Waals surface area contributed by atoms with Crippen LogP contribution in [-0.2, 0) is 0 Å². The zero-order valence-corrected chi connectivity index (χ0v) is 14.4. The van der Waals surface area contributed by atoms with E-state index in [-0.39, 0.29) is 23.7 Å². The molecule has 0 amide bonds. The molecule has 4 rings (SSSR count). The van der Waals surface area contributed by atoms with Gasteiger partial charge in [0.1, 0.15) is 11.8 Å². The summed E-state index contributed by atoms with van der Waals surface area (Å²) in [6.45, 7) is 0. The highest BCUT2D eigenvalue weighted by atomic mass is 32.2. The van der Waals surface area contributed by atoms with Crippen molar-refractivity contribution in [3.63, 3.8) is 0 Å². The second kappa shape index (κ2) is 6.68. The summed E-state index contributed by atoms with van der Waals surface area (Å²) in [5.41, 5.74) is 2.80. The molecule has 0 aromatic heterocycles. The van der Waals surface area contributed by atoms with E-state index in [0.29, 0.717) is 10.7 Å². The van der Waals surface area contributed by atoms with E-state index >= 15 is 0 Å². The number of fused-ring (bicyclic) bond motifs is 3. The van der Waals surface area contributed by atoms with Gasteiger partial charge in [-0.3, -0.25) is 4.79 Å². The van der Waals surface area contributed by atoms with E-state index in [4.69, 9.17) is 4.74 Å². The minimum atomic E-state index is -0.145. The molecule has 0 fully saturated rings. The van der Waals surface area contributed by atoms with Crippen molar-refractivity contribution in [3.8, 4) is 5.75 Å². The summed E-state index contributed by atoms with van der Waals surface area (Å²) in [6.07, 6.45) is -0.145. The van der Waals surface area contributed by atoms with Crippen molar-refractivity contribution in [2.45, 2.75) is 12.2 Å². The van der Waals surface area contributed by atoms with E-state index in [0.717, 1.165) is 17.0 Å². The normalized spacial score (nSPS) is 20.3. The number of hydrogen-bond acceptors (Lipinski definition) is 7. The molecule has 0 unspecified atom stereocenters. The summed E-state index contributed by atoms with van der Waals surface area (Å²) in [4.78, 5) is 16.9. The fraction of sp³-hybridized carbons (Fsp3) is 0.222. The molecular formula is C18H16N4O2S. The molecule has 0 saturated carbocycles. The lowest BCUT2D eigenvalue weighted by molar-refractivity contribution is 0.102. The number of rotatable bonds is 4. The molecule has 0 saturated heterocycles. The topological polar surface area (TPSA) is 75.4 Å². The molecule has 2 aromatic rings. The first-order valence-electron chi connectivity index (χ1n) is 7.89. The molecule has 126 valence electrons. The first-order valence-corrected chi connectivity index (χ1v) is 8.87. The Balaban J connectivity index is 1.40. The van der Waals surface area contributed by atoms with Gasteiger partial charge < -0.3 is 10.1 Å². The highest BCUT2D eigenvalue weighted by molar-refractivity contribution is 8.14. The van der Waals surface area contributed by atoms with E-state index in [1.165, 1.54) is 11.8 Å². The molecule has 2 atom stereocenters. The van der Waals surface area contributed by atoms with Crippen LogP contribution in [-0.4, -0.2) is 30.0 Å². The largest absolute Gasteiger partial charge is 0.497 e. The third kappa shape index (κ3) is 3.15. The van der Waals surface area contributed by atoms with Gasteiger partial charge in [0.25, 0.3) is 0 Å². The Labute approximate surface area is 149 Å². The van der Waals surface area contributed by atoms with Gasteiger partial charge in [0, 0.05) is 16.8 Å². The van der Waals surface area contributed by atoms with Crippen LogP contribution in [0.1, 0.15) is 22.0 Å². The Hall–Kier alpha value is -2.67. The molecule has 25 heavy (non-hydrogen) atoms. The number of hydrogen-bond donors (Lipinski definition) is 1. The summed E-state index contributed by atoms with van der Waals surface area (Å²) in [6, 6.07) is 15.0. The van der Waals surface area contributed by atoms with Crippen LogP contribution in [0.5, 0.6) is 5.75 Å². The first-order chi connectivity index (χ1) is 12.2. The summed E-state index contributed by atoms with van der Waals surface area (Å²) >= 11 is 1.31. The monoisotopic (exact) mass is 352 g/mol. The van der Waals surface area contributed by atoms with E-state index in [1.54, 1.807) is 31.4 Å². The van der Waals surface area contributed by atoms with Crippen LogP contribution in [0.4, 0.5) is 5.69 Å². The molecule has 7 heteroatoms. The number of Topliss-reactive ketones (excluding diaryl/α,β-unsaturated/α-hetero) is 1. The van der Waals surface area contributed by atoms with Gasteiger partial charge in [0.2, 0.25) is 5.17 Å². The number of carbonyl (C=O) groups is 1. The Kier molecular flexibility index (Phi) is 4.23. The number of nitrogens with one attached hydrogen (secondary N) is 1. The van der Waals surface area contributed by atoms with Gasteiger partial charge in [-0.1, -0.05) is 30.0 Å². The number of methoxy groups -OCH3 is 1. The highest BCUT2D eigenvalue weighted by Crippen LogP contribution is 2.39. The smallest absolute Gasteiger partial charge is 0.206 e. The predicted octanol–water partition coefficient (Wildman–Crippen LogP) is 3.93. The van der Waals surface area contributed by atoms with Gasteiger partial charge in [-0.15, -0.1) is 5.11 Å². The zero-order chi connectivity index (χ0) is 17.2. The molecule has 2 aliphatic heterocycles. The average Bonchev–Trinajstić information content (AvgIpc) is 3.04. The Bertz CT molecular complexity index is 864. The van der Waals surface area contributed by atoms with Crippen molar-refractivity contribution in [2.75, 3.05) is 18.2 Å². The Morgan fingerprint density at radius 3 is 2.80 bits per heavy atom. The zero-order valence-electron chi connectivity index (χ0n) is 13.5. The number of ether oxygens (including phenoxy) is 1. The number of aliphatic imine (C=N–C) groups is 1. The number of para-hydroxylation sites is 1. The van der Waals surface area contributed by atoms with Crippen molar-refractivity contribution in [1.29, 1.82) is 0 Å². The van der Waals surface area contributed by atoms with Crippen LogP contribution in [0.25, 0.3) is 0 Å². The van der Waals surface area contributed by atoms with E-state index in [9.17, 15) is 4.79 Å². The Morgan fingerprint density at radius 1 is 1.20 bits per heavy atom. The van der Waals surface area contributed by atoms with Crippen LogP contribution < -0.4 is 10.1 Å². The number of carbonyl (C=O) groups excluding carboxylic acids is 1. The molecule has 0 radical (unpaired) electrons. The lowest BCUT2D eigenvalue weighted by atomic mass is 10.1. The molecular weight excluding hydrogens is 336 g/mol. The van der Waals surface area contributed by atoms with Gasteiger partial charge in [-0.05, 0) is 30.3 Å². The van der Waals surface area contributed by atoms with Gasteiger partial charge in [0.05, 0.1) is 12.9 Å². The van der Waals surface area contributed by atoms with Crippen LogP contribution in [0.2, 0.25) is 0 Å². The maximum atomic E-state index is 12.3. The SMILES string of the molecule is COc1ccc(C(=O)CSC2=N[C@@H]3Nc4ccccc4[C@H]3N=N2)cc1. The lowest BCUT2D eigenvalue weighted by Crippen LogP contribution is -2.21. The summed E-state index contributed by atoms with van der Waals surface area (Å²) < 4.78 is 5.10. The molecule has 2 aliphatic rings. The number of benzene rings is 2. The fourth-order valence-electron chi connectivity index (χ4n) is 2.84. The average molecular weight is 352 g/mol.